The molecule has 3 aromatic carbocycles. The second-order valence-corrected chi connectivity index (χ2v) is 8.33. The van der Waals surface area contributed by atoms with E-state index in [2.05, 4.69) is 50.4 Å². The number of rotatable bonds is 7. The van der Waals surface area contributed by atoms with E-state index in [-0.39, 0.29) is 49.6 Å². The van der Waals surface area contributed by atoms with Gasteiger partial charge in [-0.25, -0.2) is 4.99 Å². The summed E-state index contributed by atoms with van der Waals surface area (Å²) < 4.78 is 11.7. The Labute approximate surface area is 244 Å². The van der Waals surface area contributed by atoms with Crippen LogP contribution in [0.2, 0.25) is 0 Å². The number of benzene rings is 3. The van der Waals surface area contributed by atoms with Crippen LogP contribution >= 0.6 is 49.6 Å². The van der Waals surface area contributed by atoms with E-state index in [1.807, 2.05) is 48.5 Å². The molecular weight excluding hydrogens is 554 g/mol. The molecule has 0 radical (unpaired) electrons. The monoisotopic (exact) mass is 586 g/mol. The Balaban J connectivity index is 0.00000171. The van der Waals surface area contributed by atoms with Gasteiger partial charge < -0.3 is 19.7 Å². The van der Waals surface area contributed by atoms with Gasteiger partial charge in [-0.3, -0.25) is 4.90 Å². The highest BCUT2D eigenvalue weighted by Gasteiger charge is 2.16. The molecule has 0 aliphatic carbocycles. The summed E-state index contributed by atoms with van der Waals surface area (Å²) in [5, 5.41) is 3.33. The van der Waals surface area contributed by atoms with Gasteiger partial charge in [0.05, 0.1) is 6.61 Å². The van der Waals surface area contributed by atoms with Crippen LogP contribution in [0.5, 0.6) is 11.5 Å². The third-order valence-corrected chi connectivity index (χ3v) is 6.01. The van der Waals surface area contributed by atoms with Crippen molar-refractivity contribution in [3.8, 4) is 11.5 Å². The van der Waals surface area contributed by atoms with Crippen molar-refractivity contribution in [2.45, 2.75) is 6.42 Å². The smallest absolute Gasteiger partial charge is 0.146 e. The number of nitrogens with one attached hydrogen (secondary N) is 1. The average molecular weight is 588 g/mol. The third-order valence-electron chi connectivity index (χ3n) is 6.01. The summed E-state index contributed by atoms with van der Waals surface area (Å²) in [6, 6.07) is 26.5. The third kappa shape index (κ3) is 9.16. The average Bonchev–Trinajstić information content (AvgIpc) is 2.88. The zero-order valence-corrected chi connectivity index (χ0v) is 23.7. The fourth-order valence-corrected chi connectivity index (χ4v) is 4.21. The number of ether oxygens (including phenoxy) is 2. The molecule has 1 saturated heterocycles. The number of fused-ring (bicyclic) bond motifs is 1. The van der Waals surface area contributed by atoms with Gasteiger partial charge in [-0.05, 0) is 55.0 Å². The van der Waals surface area contributed by atoms with Crippen LogP contribution in [0.25, 0.3) is 0 Å². The predicted octanol–water partition coefficient (Wildman–Crippen LogP) is 6.50. The summed E-state index contributed by atoms with van der Waals surface area (Å²) in [5.74, 6) is 2.52. The molecule has 0 bridgehead atoms. The second-order valence-electron chi connectivity index (χ2n) is 8.33. The Morgan fingerprint density at radius 1 is 0.784 bits per heavy atom. The van der Waals surface area contributed by atoms with Gasteiger partial charge >= 0.3 is 0 Å². The number of piperazine rings is 1. The van der Waals surface area contributed by atoms with Gasteiger partial charge in [0, 0.05) is 44.1 Å². The highest BCUT2D eigenvalue weighted by Crippen LogP contribution is 2.30. The molecule has 3 aromatic rings. The van der Waals surface area contributed by atoms with Crippen molar-refractivity contribution in [1.82, 2.24) is 4.90 Å². The molecule has 10 heteroatoms. The maximum atomic E-state index is 5.96. The van der Waals surface area contributed by atoms with E-state index in [4.69, 9.17) is 9.47 Å². The van der Waals surface area contributed by atoms with Gasteiger partial charge in [-0.2, -0.15) is 0 Å². The van der Waals surface area contributed by atoms with E-state index in [0.29, 0.717) is 6.61 Å². The van der Waals surface area contributed by atoms with Gasteiger partial charge in [-0.1, -0.05) is 30.3 Å². The minimum atomic E-state index is 0. The lowest BCUT2D eigenvalue weighted by Gasteiger charge is -2.36. The lowest BCUT2D eigenvalue weighted by atomic mass is 10.2. The Hall–Kier alpha value is -2.35. The Bertz CT molecular complexity index is 1080. The number of hydrogen-bond donors (Lipinski definition) is 1. The SMILES string of the molecule is Cl.Cl.Cl.Cl.c1ccc(N2CCN(CCCOc3ccc(NC4=Nc5ccccc5OC4)cc3)CC2)cc1. The van der Waals surface area contributed by atoms with Crippen molar-refractivity contribution in [3.63, 3.8) is 0 Å². The zero-order valence-electron chi connectivity index (χ0n) is 20.5. The predicted molar refractivity (Wildman–Crippen MR) is 163 cm³/mol. The second kappa shape index (κ2) is 16.5. The molecule has 0 unspecified atom stereocenters. The molecule has 2 aliphatic rings. The molecule has 37 heavy (non-hydrogen) atoms. The molecular formula is C27H34Cl4N4O2. The molecule has 0 amide bonds. The molecule has 202 valence electrons. The summed E-state index contributed by atoms with van der Waals surface area (Å²) in [4.78, 5) is 9.62. The van der Waals surface area contributed by atoms with Crippen LogP contribution in [0.4, 0.5) is 17.1 Å². The van der Waals surface area contributed by atoms with E-state index < -0.39 is 0 Å². The van der Waals surface area contributed by atoms with Crippen molar-refractivity contribution >= 4 is 72.5 Å². The van der Waals surface area contributed by atoms with Crippen LogP contribution in [0.15, 0.2) is 83.9 Å². The number of nitrogens with zero attached hydrogens (tertiary/aromatic N) is 3. The van der Waals surface area contributed by atoms with Gasteiger partial charge in [0.2, 0.25) is 0 Å². The van der Waals surface area contributed by atoms with Crippen LogP contribution in [-0.4, -0.2) is 56.7 Å². The number of para-hydroxylation sites is 3. The first kappa shape index (κ1) is 32.7. The van der Waals surface area contributed by atoms with Crippen LogP contribution in [-0.2, 0) is 0 Å². The van der Waals surface area contributed by atoms with Gasteiger partial charge in [0.15, 0.2) is 0 Å². The number of aliphatic imine (C=N–C) groups is 1. The summed E-state index contributed by atoms with van der Waals surface area (Å²) >= 11 is 0. The quantitative estimate of drug-likeness (QED) is 0.320. The minimum absolute atomic E-state index is 0. The maximum absolute atomic E-state index is 5.96. The van der Waals surface area contributed by atoms with Crippen molar-refractivity contribution in [2.24, 2.45) is 4.99 Å². The molecule has 1 fully saturated rings. The summed E-state index contributed by atoms with van der Waals surface area (Å²) in [6.45, 7) is 6.62. The van der Waals surface area contributed by atoms with Crippen LogP contribution in [0, 0.1) is 0 Å². The molecule has 2 heterocycles. The summed E-state index contributed by atoms with van der Waals surface area (Å²) in [5.41, 5.74) is 3.15. The standard InChI is InChI=1S/C27H30N4O2.4ClH/c1-2-7-23(8-3-1)31-18-16-30(17-19-31)15-6-20-32-24-13-11-22(12-14-24)28-27-21-33-26-10-5-4-9-25(26)29-27;;;;/h1-5,7-14H,6,15-21H2,(H,28,29);4*1H. The Morgan fingerprint density at radius 3 is 2.19 bits per heavy atom. The first-order valence-electron chi connectivity index (χ1n) is 11.7. The van der Waals surface area contributed by atoms with E-state index in [9.17, 15) is 0 Å². The molecule has 0 spiro atoms. The molecule has 0 aromatic heterocycles. The van der Waals surface area contributed by atoms with Crippen LogP contribution in [0.1, 0.15) is 6.42 Å². The number of amidine groups is 1. The van der Waals surface area contributed by atoms with Crippen LogP contribution in [0.3, 0.4) is 0 Å². The summed E-state index contributed by atoms with van der Waals surface area (Å²) in [6.07, 6.45) is 1.03. The van der Waals surface area contributed by atoms with E-state index >= 15 is 0 Å². The normalized spacial score (nSPS) is 14.2. The van der Waals surface area contributed by atoms with Crippen molar-refractivity contribution in [2.75, 3.05) is 56.2 Å². The molecule has 6 nitrogen and oxygen atoms in total. The van der Waals surface area contributed by atoms with E-state index in [0.717, 1.165) is 74.5 Å². The highest BCUT2D eigenvalue weighted by atomic mass is 35.5. The molecule has 5 rings (SSSR count). The van der Waals surface area contributed by atoms with Gasteiger partial charge in [0.25, 0.3) is 0 Å². The van der Waals surface area contributed by atoms with E-state index in [1.165, 1.54) is 5.69 Å². The molecule has 0 saturated carbocycles. The largest absolute Gasteiger partial charge is 0.494 e. The molecule has 0 atom stereocenters. The van der Waals surface area contributed by atoms with Crippen molar-refractivity contribution in [1.29, 1.82) is 0 Å². The fourth-order valence-electron chi connectivity index (χ4n) is 4.21. The van der Waals surface area contributed by atoms with Gasteiger partial charge in [-0.15, -0.1) is 49.6 Å². The molecule has 1 N–H and O–H groups in total. The highest BCUT2D eigenvalue weighted by molar-refractivity contribution is 5.99. The lowest BCUT2D eigenvalue weighted by Crippen LogP contribution is -2.46. The number of halogens is 4. The first-order chi connectivity index (χ1) is 16.3. The maximum Gasteiger partial charge on any atom is 0.146 e. The fraction of sp³-hybridized carbons (Fsp3) is 0.296. The van der Waals surface area contributed by atoms with Crippen molar-refractivity contribution in [3.05, 3.63) is 78.9 Å². The lowest BCUT2D eigenvalue weighted by molar-refractivity contribution is 0.225. The number of hydrogen-bond acceptors (Lipinski definition) is 6. The van der Waals surface area contributed by atoms with Crippen molar-refractivity contribution < 1.29 is 9.47 Å². The minimum Gasteiger partial charge on any atom is -0.494 e. The number of anilines is 2. The van der Waals surface area contributed by atoms with Crippen LogP contribution < -0.4 is 19.7 Å². The Morgan fingerprint density at radius 2 is 1.46 bits per heavy atom. The molecule has 2 aliphatic heterocycles. The van der Waals surface area contributed by atoms with E-state index in [1.54, 1.807) is 0 Å². The topological polar surface area (TPSA) is 49.3 Å². The first-order valence-corrected chi connectivity index (χ1v) is 11.7. The zero-order chi connectivity index (χ0) is 22.3. The van der Waals surface area contributed by atoms with Gasteiger partial charge in [0.1, 0.15) is 29.6 Å². The summed E-state index contributed by atoms with van der Waals surface area (Å²) in [7, 11) is 0. The Kier molecular flexibility index (Phi) is 14.6.